The average molecular weight is 345 g/mol. The van der Waals surface area contributed by atoms with Crippen LogP contribution in [0.15, 0.2) is 18.2 Å². The molecule has 6 nitrogen and oxygen atoms in total. The van der Waals surface area contributed by atoms with Gasteiger partial charge in [0.25, 0.3) is 11.8 Å². The summed E-state index contributed by atoms with van der Waals surface area (Å²) in [4.78, 5) is 29.5. The van der Waals surface area contributed by atoms with Gasteiger partial charge >= 0.3 is 0 Å². The van der Waals surface area contributed by atoms with Crippen molar-refractivity contribution in [3.05, 3.63) is 34.9 Å². The average Bonchev–Trinajstić information content (AvgIpc) is 2.63. The van der Waals surface area contributed by atoms with E-state index in [-0.39, 0.29) is 17.9 Å². The van der Waals surface area contributed by atoms with E-state index in [4.69, 9.17) is 4.74 Å². The molecule has 1 aromatic carbocycles. The number of rotatable bonds is 3. The molecule has 2 amide bonds. The Bertz CT molecular complexity index is 633. The molecule has 2 aliphatic heterocycles. The molecule has 2 heterocycles. The fourth-order valence-electron chi connectivity index (χ4n) is 3.30. The second-order valence-corrected chi connectivity index (χ2v) is 6.99. The third-order valence-electron chi connectivity index (χ3n) is 5.08. The van der Waals surface area contributed by atoms with Gasteiger partial charge in [0.1, 0.15) is 0 Å². The summed E-state index contributed by atoms with van der Waals surface area (Å²) in [6.45, 7) is 6.50. The summed E-state index contributed by atoms with van der Waals surface area (Å²) in [5.74, 6) is -0.0920. The van der Waals surface area contributed by atoms with Crippen LogP contribution in [-0.2, 0) is 4.74 Å². The lowest BCUT2D eigenvalue weighted by Gasteiger charge is -2.32. The molecular formula is C19H27N3O3. The Labute approximate surface area is 149 Å². The molecule has 0 spiro atoms. The van der Waals surface area contributed by atoms with Crippen LogP contribution in [-0.4, -0.2) is 74.1 Å². The number of hydrogen-bond donors (Lipinski definition) is 1. The smallest absolute Gasteiger partial charge is 0.253 e. The standard InChI is InChI=1S/C19H27N3O3/c1-14-3-4-15(19(24)22-9-7-21(2)8-10-22)13-17(14)18(23)20-16-5-11-25-12-6-16/h3-4,13,16H,5-12H2,1-2H3,(H,20,23). The van der Waals surface area contributed by atoms with Crippen LogP contribution in [0.5, 0.6) is 0 Å². The van der Waals surface area contributed by atoms with Crippen molar-refractivity contribution in [2.45, 2.75) is 25.8 Å². The van der Waals surface area contributed by atoms with Gasteiger partial charge in [0.2, 0.25) is 0 Å². The van der Waals surface area contributed by atoms with Crippen molar-refractivity contribution in [3.63, 3.8) is 0 Å². The summed E-state index contributed by atoms with van der Waals surface area (Å²) in [6, 6.07) is 5.58. The molecule has 1 N–H and O–H groups in total. The van der Waals surface area contributed by atoms with Crippen LogP contribution in [0.25, 0.3) is 0 Å². The molecule has 0 saturated carbocycles. The Balaban J connectivity index is 1.71. The van der Waals surface area contributed by atoms with E-state index in [9.17, 15) is 9.59 Å². The number of carbonyl (C=O) groups excluding carboxylic acids is 2. The molecule has 0 bridgehead atoms. The van der Waals surface area contributed by atoms with Crippen molar-refractivity contribution in [2.24, 2.45) is 0 Å². The molecule has 0 aliphatic carbocycles. The van der Waals surface area contributed by atoms with Gasteiger partial charge in [0.15, 0.2) is 0 Å². The van der Waals surface area contributed by atoms with Crippen LogP contribution in [0.2, 0.25) is 0 Å². The summed E-state index contributed by atoms with van der Waals surface area (Å²) < 4.78 is 5.33. The highest BCUT2D eigenvalue weighted by atomic mass is 16.5. The van der Waals surface area contributed by atoms with Crippen LogP contribution >= 0.6 is 0 Å². The lowest BCUT2D eigenvalue weighted by atomic mass is 10.0. The summed E-state index contributed by atoms with van der Waals surface area (Å²) >= 11 is 0. The lowest BCUT2D eigenvalue weighted by molar-refractivity contribution is 0.0664. The third kappa shape index (κ3) is 4.38. The number of aryl methyl sites for hydroxylation is 1. The molecule has 25 heavy (non-hydrogen) atoms. The topological polar surface area (TPSA) is 61.9 Å². The fraction of sp³-hybridized carbons (Fsp3) is 0.579. The van der Waals surface area contributed by atoms with Crippen LogP contribution < -0.4 is 5.32 Å². The highest BCUT2D eigenvalue weighted by Gasteiger charge is 2.23. The number of ether oxygens (including phenoxy) is 1. The maximum atomic E-state index is 12.7. The van der Waals surface area contributed by atoms with Gasteiger partial charge in [0, 0.05) is 56.6 Å². The second-order valence-electron chi connectivity index (χ2n) is 6.99. The summed E-state index contributed by atoms with van der Waals surface area (Å²) in [5.41, 5.74) is 2.07. The quantitative estimate of drug-likeness (QED) is 0.897. The Kier molecular flexibility index (Phi) is 5.71. The molecule has 2 aliphatic rings. The number of benzene rings is 1. The second kappa shape index (κ2) is 7.97. The van der Waals surface area contributed by atoms with Gasteiger partial charge in [-0.15, -0.1) is 0 Å². The van der Waals surface area contributed by atoms with Crippen molar-refractivity contribution in [1.29, 1.82) is 0 Å². The van der Waals surface area contributed by atoms with E-state index in [0.29, 0.717) is 24.3 Å². The van der Waals surface area contributed by atoms with Gasteiger partial charge in [-0.1, -0.05) is 6.07 Å². The van der Waals surface area contributed by atoms with E-state index in [0.717, 1.165) is 44.6 Å². The van der Waals surface area contributed by atoms with Gasteiger partial charge < -0.3 is 19.9 Å². The number of amides is 2. The zero-order chi connectivity index (χ0) is 17.8. The molecule has 2 saturated heterocycles. The predicted molar refractivity (Wildman–Crippen MR) is 95.9 cm³/mol. The third-order valence-corrected chi connectivity index (χ3v) is 5.08. The van der Waals surface area contributed by atoms with Gasteiger partial charge in [-0.2, -0.15) is 0 Å². The molecule has 1 aromatic rings. The summed E-state index contributed by atoms with van der Waals surface area (Å²) in [5, 5.41) is 3.08. The number of hydrogen-bond acceptors (Lipinski definition) is 4. The lowest BCUT2D eigenvalue weighted by Crippen LogP contribution is -2.47. The van der Waals surface area contributed by atoms with E-state index in [1.807, 2.05) is 24.0 Å². The number of nitrogens with zero attached hydrogens (tertiary/aromatic N) is 2. The Hall–Kier alpha value is -1.92. The zero-order valence-corrected chi connectivity index (χ0v) is 15.1. The van der Waals surface area contributed by atoms with Crippen molar-refractivity contribution in [3.8, 4) is 0 Å². The molecule has 0 aromatic heterocycles. The van der Waals surface area contributed by atoms with Crippen LogP contribution in [0.4, 0.5) is 0 Å². The van der Waals surface area contributed by atoms with Gasteiger partial charge in [-0.05, 0) is 44.5 Å². The zero-order valence-electron chi connectivity index (χ0n) is 15.1. The minimum absolute atomic E-state index is 0.00761. The Morgan fingerprint density at radius 2 is 1.80 bits per heavy atom. The van der Waals surface area contributed by atoms with E-state index >= 15 is 0 Å². The molecule has 2 fully saturated rings. The number of nitrogens with one attached hydrogen (secondary N) is 1. The van der Waals surface area contributed by atoms with E-state index < -0.39 is 0 Å². The number of carbonyl (C=O) groups is 2. The Morgan fingerprint density at radius 1 is 1.12 bits per heavy atom. The van der Waals surface area contributed by atoms with Crippen LogP contribution in [0, 0.1) is 6.92 Å². The SMILES string of the molecule is Cc1ccc(C(=O)N2CCN(C)CC2)cc1C(=O)NC1CCOCC1. The van der Waals surface area contributed by atoms with Gasteiger partial charge in [-0.3, -0.25) is 9.59 Å². The van der Waals surface area contributed by atoms with Gasteiger partial charge in [-0.25, -0.2) is 0 Å². The van der Waals surface area contributed by atoms with Crippen LogP contribution in [0.1, 0.15) is 39.1 Å². The molecule has 3 rings (SSSR count). The van der Waals surface area contributed by atoms with E-state index in [1.165, 1.54) is 0 Å². The monoisotopic (exact) mass is 345 g/mol. The van der Waals surface area contributed by atoms with E-state index in [1.54, 1.807) is 6.07 Å². The summed E-state index contributed by atoms with van der Waals surface area (Å²) in [6.07, 6.45) is 1.68. The fourth-order valence-corrected chi connectivity index (χ4v) is 3.30. The number of piperazine rings is 1. The van der Waals surface area contributed by atoms with Crippen molar-refractivity contribution >= 4 is 11.8 Å². The van der Waals surface area contributed by atoms with Crippen molar-refractivity contribution < 1.29 is 14.3 Å². The first-order valence-electron chi connectivity index (χ1n) is 9.01. The molecule has 0 atom stereocenters. The molecule has 0 unspecified atom stereocenters. The largest absolute Gasteiger partial charge is 0.381 e. The first-order chi connectivity index (χ1) is 12.0. The van der Waals surface area contributed by atoms with Crippen LogP contribution in [0.3, 0.4) is 0 Å². The Morgan fingerprint density at radius 3 is 2.48 bits per heavy atom. The highest BCUT2D eigenvalue weighted by molar-refractivity contribution is 6.00. The van der Waals surface area contributed by atoms with Gasteiger partial charge in [0.05, 0.1) is 0 Å². The maximum absolute atomic E-state index is 12.7. The molecule has 0 radical (unpaired) electrons. The first-order valence-corrected chi connectivity index (χ1v) is 9.01. The van der Waals surface area contributed by atoms with E-state index in [2.05, 4.69) is 17.3 Å². The number of likely N-dealkylation sites (N-methyl/N-ethyl adjacent to an activating group) is 1. The van der Waals surface area contributed by atoms with Crippen molar-refractivity contribution in [2.75, 3.05) is 46.4 Å². The predicted octanol–water partition coefficient (Wildman–Crippen LogP) is 1.29. The minimum Gasteiger partial charge on any atom is -0.381 e. The minimum atomic E-state index is -0.0996. The maximum Gasteiger partial charge on any atom is 0.253 e. The highest BCUT2D eigenvalue weighted by Crippen LogP contribution is 2.16. The molecule has 6 heteroatoms. The molecular weight excluding hydrogens is 318 g/mol. The normalized spacial score (nSPS) is 19.7. The van der Waals surface area contributed by atoms with Crippen molar-refractivity contribution in [1.82, 2.24) is 15.1 Å². The first kappa shape index (κ1) is 17.9. The molecule has 136 valence electrons. The summed E-state index contributed by atoms with van der Waals surface area (Å²) in [7, 11) is 2.06.